The minimum atomic E-state index is -0.435. The minimum absolute atomic E-state index is 0. The first-order chi connectivity index (χ1) is 9.39. The molecule has 2 rings (SSSR count). The summed E-state index contributed by atoms with van der Waals surface area (Å²) in [5.41, 5.74) is -0.435. The first kappa shape index (κ1) is 18.6. The predicted octanol–water partition coefficient (Wildman–Crippen LogP) is 1.22. The molecule has 2 heterocycles. The van der Waals surface area contributed by atoms with Crippen LogP contribution in [0.1, 0.15) is 33.6 Å². The number of nitrogens with zero attached hydrogens (tertiary/aromatic N) is 1. The molecule has 0 aliphatic carbocycles. The van der Waals surface area contributed by atoms with Crippen molar-refractivity contribution in [3.05, 3.63) is 0 Å². The van der Waals surface area contributed by atoms with Crippen molar-refractivity contribution < 1.29 is 9.59 Å². The molecular formula is C14H26ClN3O2S. The fourth-order valence-corrected chi connectivity index (χ4v) is 3.72. The van der Waals surface area contributed by atoms with E-state index in [1.54, 1.807) is 16.7 Å². The summed E-state index contributed by atoms with van der Waals surface area (Å²) >= 11 is 1.65. The second kappa shape index (κ2) is 7.70. The van der Waals surface area contributed by atoms with Gasteiger partial charge in [0, 0.05) is 23.8 Å². The maximum atomic E-state index is 12.4. The Morgan fingerprint density at radius 2 is 2.05 bits per heavy atom. The zero-order chi connectivity index (χ0) is 14.8. The molecule has 2 atom stereocenters. The van der Waals surface area contributed by atoms with Crippen LogP contribution in [0.25, 0.3) is 0 Å². The van der Waals surface area contributed by atoms with Crippen LogP contribution >= 0.6 is 24.2 Å². The summed E-state index contributed by atoms with van der Waals surface area (Å²) in [6, 6.07) is -0.109. The van der Waals surface area contributed by atoms with E-state index in [0.29, 0.717) is 11.6 Å². The Bertz CT molecular complexity index is 381. The normalized spacial score (nSPS) is 26.1. The van der Waals surface area contributed by atoms with Crippen LogP contribution in [0.3, 0.4) is 0 Å². The Hall–Kier alpha value is -0.460. The van der Waals surface area contributed by atoms with Gasteiger partial charge in [-0.05, 0) is 19.4 Å². The number of rotatable bonds is 2. The van der Waals surface area contributed by atoms with Gasteiger partial charge >= 0.3 is 0 Å². The maximum Gasteiger partial charge on any atom is 0.243 e. The average Bonchev–Trinajstić information content (AvgIpc) is 2.87. The van der Waals surface area contributed by atoms with Crippen molar-refractivity contribution in [1.82, 2.24) is 15.5 Å². The molecule has 2 saturated heterocycles. The molecular weight excluding hydrogens is 310 g/mol. The number of carbonyl (C=O) groups is 2. The largest absolute Gasteiger partial charge is 0.350 e. The molecule has 7 heteroatoms. The van der Waals surface area contributed by atoms with Gasteiger partial charge in [0.15, 0.2) is 0 Å². The molecule has 0 aromatic rings. The lowest BCUT2D eigenvalue weighted by molar-refractivity contribution is -0.144. The van der Waals surface area contributed by atoms with Gasteiger partial charge in [-0.25, -0.2) is 0 Å². The molecule has 2 fully saturated rings. The highest BCUT2D eigenvalue weighted by atomic mass is 35.5. The van der Waals surface area contributed by atoms with E-state index < -0.39 is 5.41 Å². The van der Waals surface area contributed by atoms with E-state index in [9.17, 15) is 9.59 Å². The van der Waals surface area contributed by atoms with Gasteiger partial charge in [-0.2, -0.15) is 0 Å². The molecule has 0 aromatic carbocycles. The number of hydrogen-bond donors (Lipinski definition) is 2. The lowest BCUT2D eigenvalue weighted by Gasteiger charge is -2.31. The van der Waals surface area contributed by atoms with Crippen LogP contribution in [0.15, 0.2) is 0 Å². The molecule has 1 unspecified atom stereocenters. The lowest BCUT2D eigenvalue weighted by Crippen LogP contribution is -2.54. The van der Waals surface area contributed by atoms with Crippen molar-refractivity contribution in [2.75, 3.05) is 24.7 Å². The molecule has 21 heavy (non-hydrogen) atoms. The summed E-state index contributed by atoms with van der Waals surface area (Å²) in [5, 5.41) is 6.38. The summed E-state index contributed by atoms with van der Waals surface area (Å²) in [4.78, 5) is 26.5. The van der Waals surface area contributed by atoms with Crippen LogP contribution in [0.4, 0.5) is 0 Å². The number of carbonyl (C=O) groups excluding carboxylic acids is 2. The number of hydrogen-bond acceptors (Lipinski definition) is 4. The fourth-order valence-electron chi connectivity index (χ4n) is 2.56. The standard InChI is InChI=1S/C14H25N3O2S.ClH/c1-14(2,3)13(19)17-9-20-8-11(17)12(18)16-10-5-4-6-15-7-10;/h10-11,15H,4-9H2,1-3H3,(H,16,18);1H/t10-,11?;/m0./s1. The van der Waals surface area contributed by atoms with Crippen LogP contribution in [-0.4, -0.2) is 53.5 Å². The number of piperidine rings is 1. The average molecular weight is 336 g/mol. The maximum absolute atomic E-state index is 12.4. The quantitative estimate of drug-likeness (QED) is 0.796. The molecule has 2 aliphatic rings. The topological polar surface area (TPSA) is 61.4 Å². The zero-order valence-electron chi connectivity index (χ0n) is 13.0. The third-order valence-corrected chi connectivity index (χ3v) is 4.74. The van der Waals surface area contributed by atoms with Crippen LogP contribution < -0.4 is 10.6 Å². The molecule has 0 bridgehead atoms. The second-order valence-corrected chi connectivity index (χ2v) is 7.59. The van der Waals surface area contributed by atoms with Crippen LogP contribution in [0.2, 0.25) is 0 Å². The molecule has 5 nitrogen and oxygen atoms in total. The van der Waals surface area contributed by atoms with Crippen molar-refractivity contribution in [2.45, 2.75) is 45.7 Å². The molecule has 0 saturated carbocycles. The molecule has 0 spiro atoms. The molecule has 2 N–H and O–H groups in total. The van der Waals surface area contributed by atoms with E-state index in [0.717, 1.165) is 25.9 Å². The molecule has 122 valence electrons. The zero-order valence-corrected chi connectivity index (χ0v) is 14.6. The van der Waals surface area contributed by atoms with E-state index in [4.69, 9.17) is 0 Å². The molecule has 0 radical (unpaired) electrons. The van der Waals surface area contributed by atoms with Gasteiger partial charge in [0.05, 0.1) is 5.88 Å². The Labute approximate surface area is 137 Å². The Balaban J connectivity index is 0.00000220. The van der Waals surface area contributed by atoms with E-state index >= 15 is 0 Å². The summed E-state index contributed by atoms with van der Waals surface area (Å²) < 4.78 is 0. The van der Waals surface area contributed by atoms with E-state index in [2.05, 4.69) is 10.6 Å². The summed E-state index contributed by atoms with van der Waals surface area (Å²) in [6.07, 6.45) is 2.11. The number of amides is 2. The van der Waals surface area contributed by atoms with Gasteiger partial charge in [0.25, 0.3) is 0 Å². The fraction of sp³-hybridized carbons (Fsp3) is 0.857. The number of thioether (sulfide) groups is 1. The van der Waals surface area contributed by atoms with Gasteiger partial charge < -0.3 is 15.5 Å². The third kappa shape index (κ3) is 4.76. The highest BCUT2D eigenvalue weighted by Crippen LogP contribution is 2.27. The first-order valence-electron chi connectivity index (χ1n) is 7.29. The van der Waals surface area contributed by atoms with Gasteiger partial charge in [-0.15, -0.1) is 24.2 Å². The van der Waals surface area contributed by atoms with E-state index in [-0.39, 0.29) is 36.3 Å². The number of halogens is 1. The van der Waals surface area contributed by atoms with Crippen LogP contribution in [-0.2, 0) is 9.59 Å². The van der Waals surface area contributed by atoms with Gasteiger partial charge in [0.2, 0.25) is 11.8 Å². The third-order valence-electron chi connectivity index (χ3n) is 3.73. The van der Waals surface area contributed by atoms with E-state index in [1.165, 1.54) is 0 Å². The smallest absolute Gasteiger partial charge is 0.243 e. The SMILES string of the molecule is CC(C)(C)C(=O)N1CSCC1C(=O)N[C@H]1CCCNC1.Cl. The number of nitrogens with one attached hydrogen (secondary N) is 2. The predicted molar refractivity (Wildman–Crippen MR) is 88.7 cm³/mol. The minimum Gasteiger partial charge on any atom is -0.350 e. The van der Waals surface area contributed by atoms with Crippen molar-refractivity contribution >= 4 is 36.0 Å². The highest BCUT2D eigenvalue weighted by Gasteiger charge is 2.39. The Morgan fingerprint density at radius 1 is 1.33 bits per heavy atom. The molecule has 2 amide bonds. The van der Waals surface area contributed by atoms with Crippen LogP contribution in [0, 0.1) is 5.41 Å². The summed E-state index contributed by atoms with van der Waals surface area (Å²) in [6.45, 7) is 7.56. The summed E-state index contributed by atoms with van der Waals surface area (Å²) in [7, 11) is 0. The first-order valence-corrected chi connectivity index (χ1v) is 8.45. The van der Waals surface area contributed by atoms with Gasteiger partial charge in [-0.1, -0.05) is 20.8 Å². The Morgan fingerprint density at radius 3 is 2.62 bits per heavy atom. The summed E-state index contributed by atoms with van der Waals surface area (Å²) in [5.74, 6) is 1.39. The Kier molecular flexibility index (Phi) is 6.81. The van der Waals surface area contributed by atoms with Gasteiger partial charge in [0.1, 0.15) is 6.04 Å². The van der Waals surface area contributed by atoms with Crippen molar-refractivity contribution in [2.24, 2.45) is 5.41 Å². The van der Waals surface area contributed by atoms with Crippen LogP contribution in [0.5, 0.6) is 0 Å². The highest BCUT2D eigenvalue weighted by molar-refractivity contribution is 7.99. The van der Waals surface area contributed by atoms with Crippen molar-refractivity contribution in [1.29, 1.82) is 0 Å². The lowest BCUT2D eigenvalue weighted by atomic mass is 9.94. The monoisotopic (exact) mass is 335 g/mol. The molecule has 0 aromatic heterocycles. The van der Waals surface area contributed by atoms with Gasteiger partial charge in [-0.3, -0.25) is 9.59 Å². The van der Waals surface area contributed by atoms with E-state index in [1.807, 2.05) is 20.8 Å². The van der Waals surface area contributed by atoms with Crippen molar-refractivity contribution in [3.63, 3.8) is 0 Å². The molecule has 2 aliphatic heterocycles. The van der Waals surface area contributed by atoms with Crippen molar-refractivity contribution in [3.8, 4) is 0 Å². The second-order valence-electron chi connectivity index (χ2n) is 6.59.